The van der Waals surface area contributed by atoms with Crippen LogP contribution in [-0.4, -0.2) is 47.3 Å². The summed E-state index contributed by atoms with van der Waals surface area (Å²) in [4.78, 5) is 22.4. The highest BCUT2D eigenvalue weighted by Crippen LogP contribution is 2.24. The summed E-state index contributed by atoms with van der Waals surface area (Å²) in [6, 6.07) is 0. The standard InChI is InChI=1S/C16H20N8O4/c1-3-21-8-12(6-17-21)9-23-10-13(7-18-23)19-15(25)4-5-22-11-14(24(26)27)16(20-22)28-2/h6-8,10-11H,3-5,9H2,1-2H3,(H,19,25). The third-order valence-electron chi connectivity index (χ3n) is 3.94. The van der Waals surface area contributed by atoms with Crippen LogP contribution in [0, 0.1) is 10.1 Å². The van der Waals surface area contributed by atoms with Crippen LogP contribution in [-0.2, 0) is 24.4 Å². The molecule has 0 saturated carbocycles. The summed E-state index contributed by atoms with van der Waals surface area (Å²) in [5, 5.41) is 26.0. The molecule has 12 nitrogen and oxygen atoms in total. The lowest BCUT2D eigenvalue weighted by atomic mass is 10.3. The second-order valence-corrected chi connectivity index (χ2v) is 5.97. The van der Waals surface area contributed by atoms with E-state index in [1.165, 1.54) is 18.0 Å². The number of nitrogens with zero attached hydrogens (tertiary/aromatic N) is 7. The Morgan fingerprint density at radius 1 is 1.21 bits per heavy atom. The van der Waals surface area contributed by atoms with Crippen molar-refractivity contribution in [3.8, 4) is 5.88 Å². The zero-order chi connectivity index (χ0) is 20.1. The number of rotatable bonds is 9. The van der Waals surface area contributed by atoms with E-state index in [0.29, 0.717) is 12.2 Å². The van der Waals surface area contributed by atoms with Gasteiger partial charge in [0.2, 0.25) is 5.91 Å². The molecule has 0 fully saturated rings. The highest BCUT2D eigenvalue weighted by Gasteiger charge is 2.20. The SMILES string of the molecule is CCn1cc(Cn2cc(NC(=O)CCn3cc([N+](=O)[O-])c(OC)n3)cn2)cn1. The monoisotopic (exact) mass is 388 g/mol. The molecule has 148 valence electrons. The van der Waals surface area contributed by atoms with Crippen LogP contribution in [0.15, 0.2) is 31.0 Å². The first-order valence-corrected chi connectivity index (χ1v) is 8.58. The van der Waals surface area contributed by atoms with Gasteiger partial charge < -0.3 is 10.1 Å². The Morgan fingerprint density at radius 3 is 2.64 bits per heavy atom. The number of carbonyl (C=O) groups excluding carboxylic acids is 1. The van der Waals surface area contributed by atoms with Gasteiger partial charge >= 0.3 is 11.6 Å². The fourth-order valence-electron chi connectivity index (χ4n) is 2.58. The van der Waals surface area contributed by atoms with Gasteiger partial charge in [-0.3, -0.25) is 29.0 Å². The van der Waals surface area contributed by atoms with E-state index in [0.717, 1.165) is 12.1 Å². The fourth-order valence-corrected chi connectivity index (χ4v) is 2.58. The van der Waals surface area contributed by atoms with Gasteiger partial charge in [-0.2, -0.15) is 10.2 Å². The van der Waals surface area contributed by atoms with Crippen molar-refractivity contribution in [1.29, 1.82) is 0 Å². The number of methoxy groups -OCH3 is 1. The third kappa shape index (κ3) is 4.52. The average molecular weight is 388 g/mol. The Kier molecular flexibility index (Phi) is 5.67. The molecule has 3 rings (SSSR count). The first kappa shape index (κ1) is 19.1. The molecule has 0 aliphatic rings. The molecule has 0 aliphatic carbocycles. The lowest BCUT2D eigenvalue weighted by molar-refractivity contribution is -0.385. The lowest BCUT2D eigenvalue weighted by Crippen LogP contribution is -2.14. The van der Waals surface area contributed by atoms with Gasteiger partial charge in [0, 0.05) is 30.9 Å². The molecule has 12 heteroatoms. The number of hydrogen-bond donors (Lipinski definition) is 1. The highest BCUT2D eigenvalue weighted by atomic mass is 16.6. The molecule has 3 heterocycles. The normalized spacial score (nSPS) is 10.8. The molecule has 0 radical (unpaired) electrons. The summed E-state index contributed by atoms with van der Waals surface area (Å²) in [5.74, 6) is -0.339. The number of nitro groups is 1. The molecule has 1 amide bonds. The first-order valence-electron chi connectivity index (χ1n) is 8.58. The minimum Gasteiger partial charge on any atom is -0.475 e. The van der Waals surface area contributed by atoms with Crippen LogP contribution in [0.5, 0.6) is 5.88 Å². The number of amides is 1. The first-order chi connectivity index (χ1) is 13.5. The van der Waals surface area contributed by atoms with Crippen molar-refractivity contribution in [3.05, 3.63) is 46.7 Å². The lowest BCUT2D eigenvalue weighted by Gasteiger charge is -2.02. The molecule has 0 unspecified atom stereocenters. The molecule has 0 aromatic carbocycles. The van der Waals surface area contributed by atoms with Crippen molar-refractivity contribution in [2.75, 3.05) is 12.4 Å². The third-order valence-corrected chi connectivity index (χ3v) is 3.94. The number of hydrogen-bond acceptors (Lipinski definition) is 7. The van der Waals surface area contributed by atoms with Crippen LogP contribution in [0.3, 0.4) is 0 Å². The van der Waals surface area contributed by atoms with Crippen molar-refractivity contribution in [2.24, 2.45) is 0 Å². The second-order valence-electron chi connectivity index (χ2n) is 5.97. The van der Waals surface area contributed by atoms with Gasteiger partial charge in [-0.1, -0.05) is 0 Å². The number of anilines is 1. The van der Waals surface area contributed by atoms with Crippen molar-refractivity contribution in [1.82, 2.24) is 29.3 Å². The Balaban J connectivity index is 1.52. The van der Waals surface area contributed by atoms with E-state index in [9.17, 15) is 14.9 Å². The maximum Gasteiger partial charge on any atom is 0.350 e. The number of carbonyl (C=O) groups is 1. The van der Waals surface area contributed by atoms with Crippen LogP contribution in [0.25, 0.3) is 0 Å². The Labute approximate surface area is 159 Å². The van der Waals surface area contributed by atoms with Gasteiger partial charge in [0.1, 0.15) is 6.20 Å². The number of nitrogens with one attached hydrogen (secondary N) is 1. The van der Waals surface area contributed by atoms with Gasteiger partial charge in [-0.25, -0.2) is 0 Å². The summed E-state index contributed by atoms with van der Waals surface area (Å²) >= 11 is 0. The highest BCUT2D eigenvalue weighted by molar-refractivity contribution is 5.90. The predicted octanol–water partition coefficient (Wildman–Crippen LogP) is 1.29. The van der Waals surface area contributed by atoms with Gasteiger partial charge in [-0.05, 0) is 6.92 Å². The zero-order valence-corrected chi connectivity index (χ0v) is 15.5. The van der Waals surface area contributed by atoms with E-state index in [4.69, 9.17) is 4.74 Å². The van der Waals surface area contributed by atoms with Crippen molar-refractivity contribution >= 4 is 17.3 Å². The summed E-state index contributed by atoms with van der Waals surface area (Å²) in [6.07, 6.45) is 8.34. The molecular weight excluding hydrogens is 368 g/mol. The molecular formula is C16H20N8O4. The molecule has 0 aliphatic heterocycles. The van der Waals surface area contributed by atoms with E-state index < -0.39 is 4.92 Å². The van der Waals surface area contributed by atoms with Gasteiger partial charge in [0.15, 0.2) is 0 Å². The predicted molar refractivity (Wildman–Crippen MR) is 97.9 cm³/mol. The molecule has 0 atom stereocenters. The minimum atomic E-state index is -0.582. The van der Waals surface area contributed by atoms with Gasteiger partial charge in [-0.15, -0.1) is 5.10 Å². The molecule has 28 heavy (non-hydrogen) atoms. The molecule has 1 N–H and O–H groups in total. The Morgan fingerprint density at radius 2 is 2.00 bits per heavy atom. The van der Waals surface area contributed by atoms with E-state index in [1.54, 1.807) is 23.3 Å². The number of aryl methyl sites for hydroxylation is 2. The molecule has 0 spiro atoms. The van der Waals surface area contributed by atoms with Crippen LogP contribution in [0.4, 0.5) is 11.4 Å². The second kappa shape index (κ2) is 8.33. The van der Waals surface area contributed by atoms with E-state index in [1.807, 2.05) is 17.8 Å². The fraction of sp³-hybridized carbons (Fsp3) is 0.375. The summed E-state index contributed by atoms with van der Waals surface area (Å²) in [7, 11) is 1.30. The Bertz CT molecular complexity index is 973. The van der Waals surface area contributed by atoms with E-state index in [-0.39, 0.29) is 30.4 Å². The summed E-state index contributed by atoms with van der Waals surface area (Å²) in [5.41, 5.74) is 1.34. The number of aromatic nitrogens is 6. The van der Waals surface area contributed by atoms with Gasteiger partial charge in [0.25, 0.3) is 0 Å². The maximum absolute atomic E-state index is 12.1. The van der Waals surface area contributed by atoms with Crippen LogP contribution >= 0.6 is 0 Å². The molecule has 0 bridgehead atoms. The van der Waals surface area contributed by atoms with Crippen molar-refractivity contribution in [2.45, 2.75) is 33.0 Å². The quantitative estimate of drug-likeness (QED) is 0.431. The minimum absolute atomic E-state index is 0.0851. The average Bonchev–Trinajstić information content (AvgIpc) is 3.40. The van der Waals surface area contributed by atoms with E-state index in [2.05, 4.69) is 20.6 Å². The Hall–Kier alpha value is -3.70. The molecule has 3 aromatic rings. The molecule has 3 aromatic heterocycles. The van der Waals surface area contributed by atoms with Crippen LogP contribution in [0.2, 0.25) is 0 Å². The summed E-state index contributed by atoms with van der Waals surface area (Å²) < 4.78 is 9.70. The van der Waals surface area contributed by atoms with Crippen LogP contribution in [0.1, 0.15) is 18.9 Å². The molecule has 0 saturated heterocycles. The van der Waals surface area contributed by atoms with E-state index >= 15 is 0 Å². The zero-order valence-electron chi connectivity index (χ0n) is 15.5. The topological polar surface area (TPSA) is 135 Å². The maximum atomic E-state index is 12.1. The number of ether oxygens (including phenoxy) is 1. The van der Waals surface area contributed by atoms with Crippen LogP contribution < -0.4 is 10.1 Å². The van der Waals surface area contributed by atoms with Crippen molar-refractivity contribution < 1.29 is 14.5 Å². The largest absolute Gasteiger partial charge is 0.475 e. The van der Waals surface area contributed by atoms with Crippen molar-refractivity contribution in [3.63, 3.8) is 0 Å². The smallest absolute Gasteiger partial charge is 0.350 e. The summed E-state index contributed by atoms with van der Waals surface area (Å²) in [6.45, 7) is 3.54. The van der Waals surface area contributed by atoms with Gasteiger partial charge in [0.05, 0.1) is 43.2 Å².